The lowest BCUT2D eigenvalue weighted by atomic mass is 9.89. The quantitative estimate of drug-likeness (QED) is 0.471. The third-order valence-corrected chi connectivity index (χ3v) is 8.25. The highest BCUT2D eigenvalue weighted by Gasteiger charge is 2.41. The van der Waals surface area contributed by atoms with Gasteiger partial charge in [0.15, 0.2) is 5.82 Å². The first-order valence-electron chi connectivity index (χ1n) is 13.6. The molecule has 9 nitrogen and oxygen atoms in total. The molecule has 0 spiro atoms. The van der Waals surface area contributed by atoms with Crippen LogP contribution < -0.4 is 13.8 Å². The maximum atomic E-state index is 16.4. The van der Waals surface area contributed by atoms with Gasteiger partial charge in [0.1, 0.15) is 30.2 Å². The summed E-state index contributed by atoms with van der Waals surface area (Å²) in [6.07, 6.45) is 2.12. The Bertz CT molecular complexity index is 1360. The minimum absolute atomic E-state index is 0.0254. The topological polar surface area (TPSA) is 105 Å². The Hall–Kier alpha value is -3.34. The van der Waals surface area contributed by atoms with Crippen LogP contribution in [-0.2, 0) is 39.3 Å². The maximum Gasteiger partial charge on any atom is 0.410 e. The molecule has 0 aliphatic carbocycles. The number of amides is 2. The summed E-state index contributed by atoms with van der Waals surface area (Å²) in [5.41, 5.74) is 0.602. The number of fused-ring (bicyclic) bond motifs is 1. The van der Waals surface area contributed by atoms with Gasteiger partial charge >= 0.3 is 16.3 Å². The van der Waals surface area contributed by atoms with Crippen molar-refractivity contribution in [3.63, 3.8) is 0 Å². The van der Waals surface area contributed by atoms with Gasteiger partial charge in [0.05, 0.1) is 0 Å². The summed E-state index contributed by atoms with van der Waals surface area (Å²) in [6.45, 7) is 9.21. The molecule has 2 aromatic carbocycles. The molecule has 0 unspecified atom stereocenters. The summed E-state index contributed by atoms with van der Waals surface area (Å²) < 4.78 is 56.3. The van der Waals surface area contributed by atoms with Crippen molar-refractivity contribution in [2.24, 2.45) is 5.92 Å². The molecule has 0 radical (unpaired) electrons. The van der Waals surface area contributed by atoms with Gasteiger partial charge in [-0.2, -0.15) is 8.42 Å². The molecule has 1 fully saturated rings. The van der Waals surface area contributed by atoms with Crippen molar-refractivity contribution in [1.82, 2.24) is 9.62 Å². The molecule has 0 bridgehead atoms. The summed E-state index contributed by atoms with van der Waals surface area (Å²) in [5.74, 6) is -1.07. The Morgan fingerprint density at radius 1 is 1.18 bits per heavy atom. The number of carbonyl (C=O) groups excluding carboxylic acids is 2. The first-order valence-corrected chi connectivity index (χ1v) is 15.0. The van der Waals surface area contributed by atoms with Gasteiger partial charge in [-0.25, -0.2) is 18.2 Å². The summed E-state index contributed by atoms with van der Waals surface area (Å²) in [4.78, 5) is 26.9. The Morgan fingerprint density at radius 3 is 2.48 bits per heavy atom. The minimum atomic E-state index is -4.30. The van der Waals surface area contributed by atoms with Crippen molar-refractivity contribution in [2.75, 3.05) is 10.8 Å². The first-order chi connectivity index (χ1) is 18.7. The summed E-state index contributed by atoms with van der Waals surface area (Å²) >= 11 is 0. The van der Waals surface area contributed by atoms with E-state index < -0.39 is 40.2 Å². The molecule has 2 aliphatic heterocycles. The fourth-order valence-corrected chi connectivity index (χ4v) is 6.16. The van der Waals surface area contributed by atoms with Crippen LogP contribution >= 0.6 is 0 Å². The predicted octanol–water partition coefficient (Wildman–Crippen LogP) is 5.07. The number of nitrogens with zero attached hydrogens (tertiary/aromatic N) is 2. The summed E-state index contributed by atoms with van der Waals surface area (Å²) in [7, 11) is -4.30. The van der Waals surface area contributed by atoms with Crippen LogP contribution in [0.1, 0.15) is 70.6 Å². The van der Waals surface area contributed by atoms with Gasteiger partial charge < -0.3 is 14.4 Å². The van der Waals surface area contributed by atoms with Gasteiger partial charge in [0.25, 0.3) is 5.91 Å². The van der Waals surface area contributed by atoms with Gasteiger partial charge in [-0.15, -0.1) is 0 Å². The van der Waals surface area contributed by atoms with Crippen LogP contribution in [0.15, 0.2) is 36.4 Å². The molecular weight excluding hydrogens is 537 g/mol. The zero-order chi connectivity index (χ0) is 29.2. The number of benzene rings is 2. The second-order valence-electron chi connectivity index (χ2n) is 11.8. The first kappa shape index (κ1) is 29.6. The molecule has 218 valence electrons. The number of anilines is 1. The molecule has 2 aliphatic rings. The Kier molecular flexibility index (Phi) is 8.63. The van der Waals surface area contributed by atoms with Crippen molar-refractivity contribution >= 4 is 27.9 Å². The minimum Gasteiger partial charge on any atom is -0.487 e. The second kappa shape index (κ2) is 11.6. The molecule has 11 heteroatoms. The largest absolute Gasteiger partial charge is 0.487 e. The van der Waals surface area contributed by atoms with E-state index in [1.807, 2.05) is 35.1 Å². The number of ether oxygens (including phenoxy) is 2. The van der Waals surface area contributed by atoms with Crippen LogP contribution in [0.2, 0.25) is 0 Å². The van der Waals surface area contributed by atoms with Gasteiger partial charge in [0, 0.05) is 12.6 Å². The number of carbonyl (C=O) groups is 2. The zero-order valence-electron chi connectivity index (χ0n) is 23.7. The SMILES string of the molecule is CC(C)CCC[C@H]1Cc2c(cc(OCc3ccccc3)c(N3CC(=O)NS3(=O)=O)c2F)CN1C(=O)OC(C)(C)C. The molecule has 1 atom stereocenters. The molecule has 1 N–H and O–H groups in total. The van der Waals surface area contributed by atoms with E-state index in [0.717, 1.165) is 22.7 Å². The van der Waals surface area contributed by atoms with E-state index in [9.17, 15) is 18.0 Å². The van der Waals surface area contributed by atoms with E-state index in [4.69, 9.17) is 9.47 Å². The highest BCUT2D eigenvalue weighted by molar-refractivity contribution is 7.92. The van der Waals surface area contributed by atoms with Crippen molar-refractivity contribution in [2.45, 2.75) is 85.1 Å². The lowest BCUT2D eigenvalue weighted by Crippen LogP contribution is -2.47. The standard InChI is InChI=1S/C29H38FN3O6S/c1-19(2)10-9-13-22-15-23-21(16-32(22)28(35)39-29(3,4)5)14-24(38-18-20-11-7-6-8-12-20)27(26(23)30)33-17-25(34)31-40(33,36)37/h6-8,11-12,14,19,22H,9-10,13,15-18H2,1-5H3,(H,31,34)/t22-/m0/s1. The lowest BCUT2D eigenvalue weighted by Gasteiger charge is -2.39. The van der Waals surface area contributed by atoms with E-state index in [0.29, 0.717) is 23.5 Å². The summed E-state index contributed by atoms with van der Waals surface area (Å²) in [6, 6.07) is 10.4. The highest BCUT2D eigenvalue weighted by Crippen LogP contribution is 2.42. The van der Waals surface area contributed by atoms with Crippen molar-refractivity contribution in [3.05, 3.63) is 58.9 Å². The van der Waals surface area contributed by atoms with E-state index in [-0.39, 0.29) is 37.1 Å². The van der Waals surface area contributed by atoms with Crippen LogP contribution in [0, 0.1) is 11.7 Å². The molecule has 0 aromatic heterocycles. The predicted molar refractivity (Wildman–Crippen MR) is 150 cm³/mol. The Morgan fingerprint density at radius 2 is 1.88 bits per heavy atom. The van der Waals surface area contributed by atoms with Crippen molar-refractivity contribution in [3.8, 4) is 5.75 Å². The van der Waals surface area contributed by atoms with Crippen molar-refractivity contribution in [1.29, 1.82) is 0 Å². The highest BCUT2D eigenvalue weighted by atomic mass is 32.2. The average Bonchev–Trinajstić information content (AvgIpc) is 3.13. The fourth-order valence-electron chi connectivity index (χ4n) is 5.00. The summed E-state index contributed by atoms with van der Waals surface area (Å²) in [5, 5.41) is 0. The van der Waals surface area contributed by atoms with Crippen LogP contribution in [0.25, 0.3) is 0 Å². The molecule has 40 heavy (non-hydrogen) atoms. The number of hydrogen-bond donors (Lipinski definition) is 1. The molecule has 4 rings (SSSR count). The number of nitrogens with one attached hydrogen (secondary N) is 1. The van der Waals surface area contributed by atoms with Gasteiger partial charge in [-0.1, -0.05) is 57.0 Å². The molecule has 1 saturated heterocycles. The Labute approximate surface area is 235 Å². The lowest BCUT2D eigenvalue weighted by molar-refractivity contribution is -0.117. The fraction of sp³-hybridized carbons (Fsp3) is 0.517. The van der Waals surface area contributed by atoms with Crippen LogP contribution in [0.5, 0.6) is 5.75 Å². The van der Waals surface area contributed by atoms with Crippen molar-refractivity contribution < 1.29 is 31.9 Å². The molecule has 2 aromatic rings. The van der Waals surface area contributed by atoms with E-state index in [1.54, 1.807) is 31.7 Å². The van der Waals surface area contributed by atoms with E-state index in [1.165, 1.54) is 0 Å². The Balaban J connectivity index is 1.76. The smallest absolute Gasteiger partial charge is 0.410 e. The van der Waals surface area contributed by atoms with E-state index >= 15 is 4.39 Å². The molecule has 2 amide bonds. The normalized spacial score (nSPS) is 18.5. The molecular formula is C29H38FN3O6S. The molecule has 0 saturated carbocycles. The number of rotatable bonds is 8. The number of hydrogen-bond acceptors (Lipinski definition) is 6. The second-order valence-corrected chi connectivity index (χ2v) is 13.4. The third-order valence-electron chi connectivity index (χ3n) is 6.87. The maximum absolute atomic E-state index is 16.4. The third kappa shape index (κ3) is 6.86. The van der Waals surface area contributed by atoms with Crippen LogP contribution in [0.4, 0.5) is 14.9 Å². The van der Waals surface area contributed by atoms with Crippen LogP contribution in [-0.4, -0.2) is 43.5 Å². The average molecular weight is 576 g/mol. The van der Waals surface area contributed by atoms with Crippen LogP contribution in [0.3, 0.4) is 0 Å². The molecule has 2 heterocycles. The van der Waals surface area contributed by atoms with Gasteiger partial charge in [0.2, 0.25) is 0 Å². The van der Waals surface area contributed by atoms with Gasteiger partial charge in [-0.05, 0) is 62.3 Å². The number of halogens is 1. The van der Waals surface area contributed by atoms with E-state index in [2.05, 4.69) is 13.8 Å². The monoisotopic (exact) mass is 575 g/mol. The zero-order valence-corrected chi connectivity index (χ0v) is 24.5. The van der Waals surface area contributed by atoms with Gasteiger partial charge in [-0.3, -0.25) is 4.79 Å².